The van der Waals surface area contributed by atoms with Gasteiger partial charge in [-0.05, 0) is 30.5 Å². The zero-order chi connectivity index (χ0) is 21.0. The van der Waals surface area contributed by atoms with Gasteiger partial charge in [0, 0.05) is 57.5 Å². The Morgan fingerprint density at radius 1 is 0.833 bits per heavy atom. The highest BCUT2D eigenvalue weighted by molar-refractivity contribution is 6.30. The standard InChI is InChI=1S/C22H30ClN3O4/c23-19-3-1-18(2-4-19)22(5-13-29-14-6-22)21(28)26-9-7-25(8-10-26)20(27)17-24-11-15-30-16-12-24/h1-4H,5-17H2. The van der Waals surface area contributed by atoms with Gasteiger partial charge in [0.25, 0.3) is 0 Å². The number of carbonyl (C=O) groups is 2. The number of amides is 2. The fraction of sp³-hybridized carbons (Fsp3) is 0.636. The van der Waals surface area contributed by atoms with E-state index >= 15 is 0 Å². The van der Waals surface area contributed by atoms with E-state index < -0.39 is 5.41 Å². The van der Waals surface area contributed by atoms with Crippen LogP contribution in [0.3, 0.4) is 0 Å². The van der Waals surface area contributed by atoms with E-state index in [1.54, 1.807) is 0 Å². The summed E-state index contributed by atoms with van der Waals surface area (Å²) in [5.74, 6) is 0.288. The van der Waals surface area contributed by atoms with Crippen LogP contribution in [0.1, 0.15) is 18.4 Å². The van der Waals surface area contributed by atoms with Crippen molar-refractivity contribution in [1.82, 2.24) is 14.7 Å². The Hall–Kier alpha value is -1.67. The molecule has 0 spiro atoms. The number of hydrogen-bond donors (Lipinski definition) is 0. The number of rotatable bonds is 4. The number of halogens is 1. The fourth-order valence-electron chi connectivity index (χ4n) is 4.63. The highest BCUT2D eigenvalue weighted by Crippen LogP contribution is 2.37. The van der Waals surface area contributed by atoms with Gasteiger partial charge in [0.15, 0.2) is 0 Å². The first-order valence-corrected chi connectivity index (χ1v) is 11.2. The Morgan fingerprint density at radius 3 is 2.03 bits per heavy atom. The molecule has 0 unspecified atom stereocenters. The number of carbonyl (C=O) groups excluding carboxylic acids is 2. The molecule has 30 heavy (non-hydrogen) atoms. The monoisotopic (exact) mass is 435 g/mol. The summed E-state index contributed by atoms with van der Waals surface area (Å²) in [7, 11) is 0. The quantitative estimate of drug-likeness (QED) is 0.715. The van der Waals surface area contributed by atoms with E-state index in [0.717, 1.165) is 18.7 Å². The molecule has 2 amide bonds. The minimum atomic E-state index is -0.567. The van der Waals surface area contributed by atoms with Gasteiger partial charge in [-0.1, -0.05) is 23.7 Å². The van der Waals surface area contributed by atoms with Crippen LogP contribution >= 0.6 is 11.6 Å². The predicted molar refractivity (Wildman–Crippen MR) is 114 cm³/mol. The van der Waals surface area contributed by atoms with Crippen molar-refractivity contribution in [3.05, 3.63) is 34.9 Å². The molecule has 0 atom stereocenters. The molecule has 3 saturated heterocycles. The van der Waals surface area contributed by atoms with Crippen molar-refractivity contribution in [2.45, 2.75) is 18.3 Å². The molecule has 4 rings (SSSR count). The van der Waals surface area contributed by atoms with Crippen molar-refractivity contribution in [2.24, 2.45) is 0 Å². The average Bonchev–Trinajstić information content (AvgIpc) is 2.80. The molecule has 3 aliphatic heterocycles. The molecular weight excluding hydrogens is 406 g/mol. The second-order valence-corrected chi connectivity index (χ2v) is 8.70. The highest BCUT2D eigenvalue weighted by Gasteiger charge is 2.44. The van der Waals surface area contributed by atoms with Gasteiger partial charge in [0.1, 0.15) is 0 Å². The summed E-state index contributed by atoms with van der Waals surface area (Å²) in [6, 6.07) is 7.63. The average molecular weight is 436 g/mol. The first-order valence-electron chi connectivity index (χ1n) is 10.8. The summed E-state index contributed by atoms with van der Waals surface area (Å²) in [5.41, 5.74) is 0.439. The first kappa shape index (κ1) is 21.6. The topological polar surface area (TPSA) is 62.3 Å². The van der Waals surface area contributed by atoms with Crippen LogP contribution in [0, 0.1) is 0 Å². The lowest BCUT2D eigenvalue weighted by Crippen LogP contribution is -2.57. The molecule has 0 radical (unpaired) electrons. The molecular formula is C22H30ClN3O4. The van der Waals surface area contributed by atoms with Crippen molar-refractivity contribution >= 4 is 23.4 Å². The minimum absolute atomic E-state index is 0.141. The van der Waals surface area contributed by atoms with E-state index in [0.29, 0.717) is 77.0 Å². The number of ether oxygens (including phenoxy) is 2. The zero-order valence-electron chi connectivity index (χ0n) is 17.4. The number of piperazine rings is 1. The molecule has 1 aromatic rings. The molecule has 0 N–H and O–H groups in total. The maximum Gasteiger partial charge on any atom is 0.236 e. The van der Waals surface area contributed by atoms with Gasteiger partial charge < -0.3 is 19.3 Å². The molecule has 8 heteroatoms. The van der Waals surface area contributed by atoms with Gasteiger partial charge in [0.2, 0.25) is 11.8 Å². The fourth-order valence-corrected chi connectivity index (χ4v) is 4.75. The van der Waals surface area contributed by atoms with Crippen molar-refractivity contribution in [1.29, 1.82) is 0 Å². The third kappa shape index (κ3) is 4.64. The zero-order valence-corrected chi connectivity index (χ0v) is 18.1. The van der Waals surface area contributed by atoms with E-state index in [1.807, 2.05) is 34.1 Å². The van der Waals surface area contributed by atoms with E-state index in [1.165, 1.54) is 0 Å². The van der Waals surface area contributed by atoms with Crippen LogP contribution in [0.2, 0.25) is 5.02 Å². The van der Waals surface area contributed by atoms with Crippen LogP contribution < -0.4 is 0 Å². The Kier molecular flexibility index (Phi) is 6.93. The molecule has 164 valence electrons. The van der Waals surface area contributed by atoms with Gasteiger partial charge >= 0.3 is 0 Å². The van der Waals surface area contributed by atoms with Gasteiger partial charge in [-0.15, -0.1) is 0 Å². The Morgan fingerprint density at radius 2 is 1.40 bits per heavy atom. The Bertz CT molecular complexity index is 737. The Balaban J connectivity index is 1.39. The largest absolute Gasteiger partial charge is 0.381 e. The molecule has 1 aromatic carbocycles. The predicted octanol–water partition coefficient (Wildman–Crippen LogP) is 1.39. The summed E-state index contributed by atoms with van der Waals surface area (Å²) in [5, 5.41) is 0.667. The highest BCUT2D eigenvalue weighted by atomic mass is 35.5. The van der Waals surface area contributed by atoms with Crippen LogP contribution in [0.4, 0.5) is 0 Å². The minimum Gasteiger partial charge on any atom is -0.381 e. The maximum atomic E-state index is 13.7. The molecule has 0 aromatic heterocycles. The second kappa shape index (κ2) is 9.64. The van der Waals surface area contributed by atoms with E-state index in [2.05, 4.69) is 4.90 Å². The van der Waals surface area contributed by atoms with Crippen molar-refractivity contribution in [3.63, 3.8) is 0 Å². The number of hydrogen-bond acceptors (Lipinski definition) is 5. The number of morpholine rings is 1. The second-order valence-electron chi connectivity index (χ2n) is 8.26. The summed E-state index contributed by atoms with van der Waals surface area (Å²) in [6.45, 7) is 6.88. The molecule has 0 bridgehead atoms. The van der Waals surface area contributed by atoms with E-state index in [-0.39, 0.29) is 11.8 Å². The smallest absolute Gasteiger partial charge is 0.236 e. The molecule has 3 heterocycles. The lowest BCUT2D eigenvalue weighted by molar-refractivity contribution is -0.147. The van der Waals surface area contributed by atoms with Crippen LogP contribution in [-0.4, -0.2) is 98.8 Å². The SMILES string of the molecule is O=C(CN1CCOCC1)N1CCN(C(=O)C2(c3ccc(Cl)cc3)CCOCC2)CC1. The van der Waals surface area contributed by atoms with Crippen molar-refractivity contribution in [3.8, 4) is 0 Å². The molecule has 0 saturated carbocycles. The Labute approximate surface area is 182 Å². The molecule has 7 nitrogen and oxygen atoms in total. The van der Waals surface area contributed by atoms with E-state index in [4.69, 9.17) is 21.1 Å². The third-order valence-corrected chi connectivity index (χ3v) is 6.79. The van der Waals surface area contributed by atoms with Gasteiger partial charge in [-0.3, -0.25) is 14.5 Å². The lowest BCUT2D eigenvalue weighted by atomic mass is 9.73. The van der Waals surface area contributed by atoms with Crippen LogP contribution in [0.5, 0.6) is 0 Å². The summed E-state index contributed by atoms with van der Waals surface area (Å²) < 4.78 is 10.9. The number of benzene rings is 1. The summed E-state index contributed by atoms with van der Waals surface area (Å²) in [6.07, 6.45) is 1.34. The van der Waals surface area contributed by atoms with Crippen LogP contribution in [0.15, 0.2) is 24.3 Å². The van der Waals surface area contributed by atoms with Crippen LogP contribution in [0.25, 0.3) is 0 Å². The normalized spacial score (nSPS) is 22.7. The van der Waals surface area contributed by atoms with Crippen molar-refractivity contribution in [2.75, 3.05) is 72.2 Å². The maximum absolute atomic E-state index is 13.7. The molecule has 0 aliphatic carbocycles. The van der Waals surface area contributed by atoms with Gasteiger partial charge in [-0.25, -0.2) is 0 Å². The molecule has 3 fully saturated rings. The van der Waals surface area contributed by atoms with Crippen molar-refractivity contribution < 1.29 is 19.1 Å². The third-order valence-electron chi connectivity index (χ3n) is 6.53. The van der Waals surface area contributed by atoms with Crippen LogP contribution in [-0.2, 0) is 24.5 Å². The summed E-state index contributed by atoms with van der Waals surface area (Å²) in [4.78, 5) is 32.3. The van der Waals surface area contributed by atoms with E-state index in [9.17, 15) is 9.59 Å². The van der Waals surface area contributed by atoms with Gasteiger partial charge in [-0.2, -0.15) is 0 Å². The summed E-state index contributed by atoms with van der Waals surface area (Å²) >= 11 is 6.07. The first-order chi connectivity index (χ1) is 14.6. The number of nitrogens with zero attached hydrogens (tertiary/aromatic N) is 3. The van der Waals surface area contributed by atoms with Gasteiger partial charge in [0.05, 0.1) is 25.2 Å². The molecule has 3 aliphatic rings. The lowest BCUT2D eigenvalue weighted by Gasteiger charge is -2.43.